The van der Waals surface area contributed by atoms with Gasteiger partial charge in [-0.05, 0) is 24.6 Å². The van der Waals surface area contributed by atoms with Gasteiger partial charge in [0.15, 0.2) is 0 Å². The zero-order valence-electron chi connectivity index (χ0n) is 11.1. The third kappa shape index (κ3) is 2.34. The lowest BCUT2D eigenvalue weighted by molar-refractivity contribution is -0.122. The van der Waals surface area contributed by atoms with Crippen molar-refractivity contribution in [3.63, 3.8) is 0 Å². The zero-order chi connectivity index (χ0) is 13.1. The van der Waals surface area contributed by atoms with E-state index in [0.29, 0.717) is 5.92 Å². The van der Waals surface area contributed by atoms with Crippen LogP contribution in [-0.2, 0) is 4.79 Å². The highest BCUT2D eigenvalue weighted by atomic mass is 16.5. The maximum absolute atomic E-state index is 12.5. The molecule has 2 atom stereocenters. The number of amides is 1. The molecule has 18 heavy (non-hydrogen) atoms. The molecule has 0 saturated carbocycles. The van der Waals surface area contributed by atoms with Gasteiger partial charge in [-0.2, -0.15) is 0 Å². The summed E-state index contributed by atoms with van der Waals surface area (Å²) in [6.07, 6.45) is 0. The van der Waals surface area contributed by atoms with Crippen molar-refractivity contribution < 1.29 is 9.53 Å². The van der Waals surface area contributed by atoms with Crippen molar-refractivity contribution in [1.29, 1.82) is 0 Å². The molecule has 1 fully saturated rings. The van der Waals surface area contributed by atoms with E-state index in [1.807, 2.05) is 31.3 Å². The average Bonchev–Trinajstić information content (AvgIpc) is 2.83. The van der Waals surface area contributed by atoms with Crippen molar-refractivity contribution in [3.05, 3.63) is 24.3 Å². The normalized spacial score (nSPS) is 22.8. The summed E-state index contributed by atoms with van der Waals surface area (Å²) < 4.78 is 5.30. The monoisotopic (exact) mass is 248 g/mol. The van der Waals surface area contributed by atoms with Crippen LogP contribution in [0.15, 0.2) is 24.3 Å². The minimum absolute atomic E-state index is 0.0555. The third-order valence-corrected chi connectivity index (χ3v) is 3.61. The number of carbonyl (C=O) groups excluding carboxylic acids is 1. The predicted octanol–water partition coefficient (Wildman–Crippen LogP) is 1.51. The summed E-state index contributed by atoms with van der Waals surface area (Å²) in [5.74, 6) is 1.32. The van der Waals surface area contributed by atoms with Gasteiger partial charge in [0.2, 0.25) is 5.91 Å². The SMILES string of the molecule is COc1ccccc1N(C)C(=O)C1CNCC1C. The third-order valence-electron chi connectivity index (χ3n) is 3.61. The molecule has 4 heteroatoms. The molecule has 1 amide bonds. The van der Waals surface area contributed by atoms with E-state index in [1.165, 1.54) is 0 Å². The quantitative estimate of drug-likeness (QED) is 0.881. The average molecular weight is 248 g/mol. The van der Waals surface area contributed by atoms with Crippen LogP contribution in [0.2, 0.25) is 0 Å². The lowest BCUT2D eigenvalue weighted by atomic mass is 9.96. The van der Waals surface area contributed by atoms with Gasteiger partial charge >= 0.3 is 0 Å². The molecule has 1 aliphatic rings. The van der Waals surface area contributed by atoms with Gasteiger partial charge in [0, 0.05) is 13.6 Å². The number of benzene rings is 1. The Labute approximate surface area is 108 Å². The second kappa shape index (κ2) is 5.40. The highest BCUT2D eigenvalue weighted by molar-refractivity contribution is 5.96. The van der Waals surface area contributed by atoms with E-state index in [-0.39, 0.29) is 11.8 Å². The van der Waals surface area contributed by atoms with Gasteiger partial charge in [0.25, 0.3) is 0 Å². The maximum Gasteiger partial charge on any atom is 0.231 e. The van der Waals surface area contributed by atoms with Gasteiger partial charge in [0.05, 0.1) is 18.7 Å². The van der Waals surface area contributed by atoms with E-state index in [4.69, 9.17) is 4.74 Å². The van der Waals surface area contributed by atoms with Crippen molar-refractivity contribution >= 4 is 11.6 Å². The minimum Gasteiger partial charge on any atom is -0.495 e. The smallest absolute Gasteiger partial charge is 0.231 e. The zero-order valence-corrected chi connectivity index (χ0v) is 11.1. The van der Waals surface area contributed by atoms with Gasteiger partial charge in [-0.3, -0.25) is 4.79 Å². The first-order chi connectivity index (χ1) is 8.65. The summed E-state index contributed by atoms with van der Waals surface area (Å²) in [5, 5.41) is 3.26. The number of methoxy groups -OCH3 is 1. The van der Waals surface area contributed by atoms with Crippen LogP contribution in [0.25, 0.3) is 0 Å². The highest BCUT2D eigenvalue weighted by Gasteiger charge is 2.32. The summed E-state index contributed by atoms with van der Waals surface area (Å²) in [6, 6.07) is 7.59. The predicted molar refractivity (Wildman–Crippen MR) is 71.9 cm³/mol. The van der Waals surface area contributed by atoms with Crippen LogP contribution in [0.4, 0.5) is 5.69 Å². The maximum atomic E-state index is 12.5. The van der Waals surface area contributed by atoms with Crippen LogP contribution >= 0.6 is 0 Å². The van der Waals surface area contributed by atoms with Gasteiger partial charge in [-0.1, -0.05) is 19.1 Å². The fourth-order valence-electron chi connectivity index (χ4n) is 2.41. The standard InChI is InChI=1S/C14H20N2O2/c1-10-8-15-9-11(10)14(17)16(2)12-6-4-5-7-13(12)18-3/h4-7,10-11,15H,8-9H2,1-3H3. The van der Waals surface area contributed by atoms with Crippen LogP contribution in [0, 0.1) is 11.8 Å². The minimum atomic E-state index is 0.0555. The number of carbonyl (C=O) groups is 1. The molecule has 1 aromatic carbocycles. The molecule has 1 aliphatic heterocycles. The molecule has 1 heterocycles. The molecule has 0 aliphatic carbocycles. The number of hydrogen-bond acceptors (Lipinski definition) is 3. The highest BCUT2D eigenvalue weighted by Crippen LogP contribution is 2.29. The Kier molecular flexibility index (Phi) is 3.87. The Morgan fingerprint density at radius 1 is 1.39 bits per heavy atom. The van der Waals surface area contributed by atoms with Crippen molar-refractivity contribution in [2.45, 2.75) is 6.92 Å². The van der Waals surface area contributed by atoms with E-state index < -0.39 is 0 Å². The number of para-hydroxylation sites is 2. The molecule has 0 bridgehead atoms. The molecule has 1 N–H and O–H groups in total. The molecule has 1 saturated heterocycles. The van der Waals surface area contributed by atoms with Crippen LogP contribution < -0.4 is 15.0 Å². The Bertz CT molecular complexity index is 434. The first kappa shape index (κ1) is 12.9. The summed E-state index contributed by atoms with van der Waals surface area (Å²) in [6.45, 7) is 3.79. The number of rotatable bonds is 3. The molecule has 2 rings (SSSR count). The number of nitrogens with zero attached hydrogens (tertiary/aromatic N) is 1. The van der Waals surface area contributed by atoms with Gasteiger partial charge < -0.3 is 15.0 Å². The van der Waals surface area contributed by atoms with Gasteiger partial charge in [0.1, 0.15) is 5.75 Å². The number of ether oxygens (including phenoxy) is 1. The summed E-state index contributed by atoms with van der Waals surface area (Å²) in [4.78, 5) is 14.2. The van der Waals surface area contributed by atoms with Gasteiger partial charge in [-0.15, -0.1) is 0 Å². The molecule has 0 spiro atoms. The largest absolute Gasteiger partial charge is 0.495 e. The Morgan fingerprint density at radius 2 is 2.11 bits per heavy atom. The molecule has 4 nitrogen and oxygen atoms in total. The van der Waals surface area contributed by atoms with E-state index >= 15 is 0 Å². The number of anilines is 1. The summed E-state index contributed by atoms with van der Waals surface area (Å²) in [5.41, 5.74) is 0.823. The van der Waals surface area contributed by atoms with E-state index in [1.54, 1.807) is 12.0 Å². The van der Waals surface area contributed by atoms with Crippen molar-refractivity contribution in [1.82, 2.24) is 5.32 Å². The van der Waals surface area contributed by atoms with Crippen LogP contribution in [0.3, 0.4) is 0 Å². The number of nitrogens with one attached hydrogen (secondary N) is 1. The second-order valence-corrected chi connectivity index (χ2v) is 4.81. The lowest BCUT2D eigenvalue weighted by Gasteiger charge is -2.24. The van der Waals surface area contributed by atoms with Gasteiger partial charge in [-0.25, -0.2) is 0 Å². The number of hydrogen-bond donors (Lipinski definition) is 1. The summed E-state index contributed by atoms with van der Waals surface area (Å²) in [7, 11) is 3.43. The molecular weight excluding hydrogens is 228 g/mol. The topological polar surface area (TPSA) is 41.6 Å². The molecule has 98 valence electrons. The van der Waals surface area contributed by atoms with Crippen LogP contribution in [-0.4, -0.2) is 33.2 Å². The van der Waals surface area contributed by atoms with E-state index in [0.717, 1.165) is 24.5 Å². The molecular formula is C14H20N2O2. The van der Waals surface area contributed by atoms with Crippen molar-refractivity contribution in [2.75, 3.05) is 32.1 Å². The van der Waals surface area contributed by atoms with E-state index in [2.05, 4.69) is 12.2 Å². The van der Waals surface area contributed by atoms with Crippen LogP contribution in [0.5, 0.6) is 5.75 Å². The van der Waals surface area contributed by atoms with Crippen LogP contribution in [0.1, 0.15) is 6.92 Å². The Balaban J connectivity index is 2.20. The Hall–Kier alpha value is -1.55. The van der Waals surface area contributed by atoms with E-state index in [9.17, 15) is 4.79 Å². The second-order valence-electron chi connectivity index (χ2n) is 4.81. The van der Waals surface area contributed by atoms with Crippen molar-refractivity contribution in [2.24, 2.45) is 11.8 Å². The lowest BCUT2D eigenvalue weighted by Crippen LogP contribution is -2.36. The van der Waals surface area contributed by atoms with Crippen molar-refractivity contribution in [3.8, 4) is 5.75 Å². The Morgan fingerprint density at radius 3 is 2.72 bits per heavy atom. The molecule has 2 unspecified atom stereocenters. The fraction of sp³-hybridized carbons (Fsp3) is 0.500. The fourth-order valence-corrected chi connectivity index (χ4v) is 2.41. The molecule has 0 aromatic heterocycles. The molecule has 1 aromatic rings. The summed E-state index contributed by atoms with van der Waals surface area (Å²) >= 11 is 0. The first-order valence-corrected chi connectivity index (χ1v) is 6.26. The first-order valence-electron chi connectivity index (χ1n) is 6.26. The molecule has 0 radical (unpaired) electrons.